The maximum atomic E-state index is 9.33. The third-order valence-electron chi connectivity index (χ3n) is 2.58. The maximum Gasteiger partial charge on any atom is 0.115 e. The van der Waals surface area contributed by atoms with E-state index in [4.69, 9.17) is 5.73 Å². The Morgan fingerprint density at radius 1 is 1.47 bits per heavy atom. The molecule has 84 valence electrons. The Morgan fingerprint density at radius 2 is 2.20 bits per heavy atom. The van der Waals surface area contributed by atoms with Crippen molar-refractivity contribution in [3.05, 3.63) is 29.8 Å². The lowest BCUT2D eigenvalue weighted by molar-refractivity contribution is 0.470. The molecule has 4 N–H and O–H groups in total. The van der Waals surface area contributed by atoms with Crippen molar-refractivity contribution in [3.8, 4) is 5.75 Å². The molecule has 0 bridgehead atoms. The molecule has 0 saturated heterocycles. The highest BCUT2D eigenvalue weighted by molar-refractivity contribution is 5.28. The first kappa shape index (κ1) is 12.0. The van der Waals surface area contributed by atoms with Crippen LogP contribution < -0.4 is 11.1 Å². The van der Waals surface area contributed by atoms with Crippen LogP contribution in [-0.2, 0) is 0 Å². The summed E-state index contributed by atoms with van der Waals surface area (Å²) in [6, 6.07) is 7.71. The van der Waals surface area contributed by atoms with Gasteiger partial charge in [0.05, 0.1) is 0 Å². The number of nitrogens with two attached hydrogens (primary N) is 1. The predicted octanol–water partition coefficient (Wildman–Crippen LogP) is 1.78. The average molecular weight is 208 g/mol. The summed E-state index contributed by atoms with van der Waals surface area (Å²) in [6.07, 6.45) is 0.972. The van der Waals surface area contributed by atoms with Crippen molar-refractivity contribution in [1.29, 1.82) is 0 Å². The topological polar surface area (TPSA) is 58.3 Å². The van der Waals surface area contributed by atoms with Crippen molar-refractivity contribution >= 4 is 0 Å². The molecule has 1 rings (SSSR count). The molecule has 0 aromatic heterocycles. The van der Waals surface area contributed by atoms with Crippen molar-refractivity contribution in [1.82, 2.24) is 5.32 Å². The zero-order valence-corrected chi connectivity index (χ0v) is 9.40. The lowest BCUT2D eigenvalue weighted by Gasteiger charge is -2.17. The van der Waals surface area contributed by atoms with Crippen LogP contribution in [0.4, 0.5) is 0 Å². The highest BCUT2D eigenvalue weighted by Crippen LogP contribution is 2.17. The molecule has 0 heterocycles. The van der Waals surface area contributed by atoms with Gasteiger partial charge >= 0.3 is 0 Å². The molecule has 1 aromatic carbocycles. The smallest absolute Gasteiger partial charge is 0.115 e. The molecule has 0 aliphatic heterocycles. The van der Waals surface area contributed by atoms with Gasteiger partial charge in [-0.2, -0.15) is 0 Å². The lowest BCUT2D eigenvalue weighted by atomic mass is 10.1. The summed E-state index contributed by atoms with van der Waals surface area (Å²) in [5.41, 5.74) is 6.90. The molecule has 3 nitrogen and oxygen atoms in total. The lowest BCUT2D eigenvalue weighted by Crippen LogP contribution is -2.34. The second-order valence-electron chi connectivity index (χ2n) is 3.89. The summed E-state index contributed by atoms with van der Waals surface area (Å²) in [5.74, 6) is 0.306. The minimum Gasteiger partial charge on any atom is -0.508 e. The second kappa shape index (κ2) is 5.73. The third-order valence-corrected chi connectivity index (χ3v) is 2.58. The summed E-state index contributed by atoms with van der Waals surface area (Å²) in [4.78, 5) is 0. The van der Waals surface area contributed by atoms with Crippen LogP contribution in [0.3, 0.4) is 0 Å². The third kappa shape index (κ3) is 3.90. The summed E-state index contributed by atoms with van der Waals surface area (Å²) >= 11 is 0. The molecule has 0 amide bonds. The van der Waals surface area contributed by atoms with E-state index in [0.717, 1.165) is 18.5 Å². The van der Waals surface area contributed by atoms with E-state index in [-0.39, 0.29) is 12.1 Å². The molecule has 0 saturated carbocycles. The molecular weight excluding hydrogens is 188 g/mol. The molecule has 3 heteroatoms. The van der Waals surface area contributed by atoms with Crippen molar-refractivity contribution in [3.63, 3.8) is 0 Å². The van der Waals surface area contributed by atoms with Gasteiger partial charge in [0.25, 0.3) is 0 Å². The monoisotopic (exact) mass is 208 g/mol. The second-order valence-corrected chi connectivity index (χ2v) is 3.89. The average Bonchev–Trinajstić information content (AvgIpc) is 2.25. The molecule has 0 spiro atoms. The molecule has 2 atom stereocenters. The van der Waals surface area contributed by atoms with Crippen LogP contribution in [0.5, 0.6) is 5.75 Å². The number of phenols is 1. The van der Waals surface area contributed by atoms with Crippen LogP contribution in [0.15, 0.2) is 24.3 Å². The zero-order chi connectivity index (χ0) is 11.3. The van der Waals surface area contributed by atoms with Gasteiger partial charge in [-0.1, -0.05) is 19.1 Å². The number of hydrogen-bond acceptors (Lipinski definition) is 3. The van der Waals surface area contributed by atoms with Gasteiger partial charge in [0.2, 0.25) is 0 Å². The quantitative estimate of drug-likeness (QED) is 0.691. The van der Waals surface area contributed by atoms with Crippen LogP contribution in [0.2, 0.25) is 0 Å². The minimum absolute atomic E-state index is 0.199. The van der Waals surface area contributed by atoms with Gasteiger partial charge in [-0.15, -0.1) is 0 Å². The van der Waals surface area contributed by atoms with E-state index in [1.54, 1.807) is 12.1 Å². The summed E-state index contributed by atoms with van der Waals surface area (Å²) in [5, 5.41) is 12.7. The van der Waals surface area contributed by atoms with Crippen molar-refractivity contribution in [2.75, 3.05) is 6.54 Å². The van der Waals surface area contributed by atoms with E-state index in [1.807, 2.05) is 12.1 Å². The normalized spacial score (nSPS) is 14.9. The number of rotatable bonds is 5. The van der Waals surface area contributed by atoms with E-state index in [0.29, 0.717) is 5.75 Å². The number of nitrogens with one attached hydrogen (secondary N) is 1. The van der Waals surface area contributed by atoms with Gasteiger partial charge in [-0.3, -0.25) is 0 Å². The van der Waals surface area contributed by atoms with E-state index in [1.165, 1.54) is 0 Å². The fraction of sp³-hybridized carbons (Fsp3) is 0.500. The number of benzene rings is 1. The first-order chi connectivity index (χ1) is 7.13. The van der Waals surface area contributed by atoms with E-state index >= 15 is 0 Å². The van der Waals surface area contributed by atoms with Crippen LogP contribution in [0.1, 0.15) is 31.9 Å². The summed E-state index contributed by atoms with van der Waals surface area (Å²) < 4.78 is 0. The molecule has 1 aromatic rings. The van der Waals surface area contributed by atoms with Gasteiger partial charge in [0, 0.05) is 18.6 Å². The Hall–Kier alpha value is -1.06. The zero-order valence-electron chi connectivity index (χ0n) is 9.40. The standard InChI is InChI=1S/C12H20N2O/c1-3-11(13)8-14-9(2)10-5-4-6-12(15)7-10/h4-7,9,11,14-15H,3,8,13H2,1-2H3/t9-,11?/m0/s1. The Bertz CT molecular complexity index is 301. The summed E-state index contributed by atoms with van der Waals surface area (Å²) in [7, 11) is 0. The fourth-order valence-corrected chi connectivity index (χ4v) is 1.38. The molecule has 0 aliphatic carbocycles. The van der Waals surface area contributed by atoms with E-state index in [2.05, 4.69) is 19.2 Å². The van der Waals surface area contributed by atoms with Gasteiger partial charge in [-0.05, 0) is 31.0 Å². The number of phenolic OH excluding ortho intramolecular Hbond substituents is 1. The molecule has 0 aliphatic rings. The largest absolute Gasteiger partial charge is 0.508 e. The highest BCUT2D eigenvalue weighted by atomic mass is 16.3. The van der Waals surface area contributed by atoms with Gasteiger partial charge in [-0.25, -0.2) is 0 Å². The van der Waals surface area contributed by atoms with Crippen LogP contribution >= 0.6 is 0 Å². The predicted molar refractivity (Wildman–Crippen MR) is 62.8 cm³/mol. The molecule has 1 unspecified atom stereocenters. The Morgan fingerprint density at radius 3 is 2.80 bits per heavy atom. The molecule has 15 heavy (non-hydrogen) atoms. The van der Waals surface area contributed by atoms with E-state index < -0.39 is 0 Å². The minimum atomic E-state index is 0.199. The highest BCUT2D eigenvalue weighted by Gasteiger charge is 2.06. The Kier molecular flexibility index (Phi) is 4.59. The Balaban J connectivity index is 2.50. The van der Waals surface area contributed by atoms with Crippen molar-refractivity contribution < 1.29 is 5.11 Å². The molecule has 0 radical (unpaired) electrons. The first-order valence-corrected chi connectivity index (χ1v) is 5.41. The van der Waals surface area contributed by atoms with Gasteiger partial charge in [0.15, 0.2) is 0 Å². The van der Waals surface area contributed by atoms with Crippen molar-refractivity contribution in [2.45, 2.75) is 32.4 Å². The molecule has 0 fully saturated rings. The Labute approximate surface area is 91.3 Å². The van der Waals surface area contributed by atoms with E-state index in [9.17, 15) is 5.11 Å². The first-order valence-electron chi connectivity index (χ1n) is 5.41. The van der Waals surface area contributed by atoms with Gasteiger partial charge < -0.3 is 16.2 Å². The number of aromatic hydroxyl groups is 1. The van der Waals surface area contributed by atoms with Crippen LogP contribution in [-0.4, -0.2) is 17.7 Å². The molecular formula is C12H20N2O. The van der Waals surface area contributed by atoms with Crippen LogP contribution in [0, 0.1) is 0 Å². The fourth-order valence-electron chi connectivity index (χ4n) is 1.38. The number of hydrogen-bond donors (Lipinski definition) is 3. The van der Waals surface area contributed by atoms with Crippen LogP contribution in [0.25, 0.3) is 0 Å². The van der Waals surface area contributed by atoms with Gasteiger partial charge in [0.1, 0.15) is 5.75 Å². The SMILES string of the molecule is CCC(N)CN[C@@H](C)c1cccc(O)c1. The maximum absolute atomic E-state index is 9.33. The summed E-state index contributed by atoms with van der Waals surface area (Å²) in [6.45, 7) is 4.94. The van der Waals surface area contributed by atoms with Crippen molar-refractivity contribution in [2.24, 2.45) is 5.73 Å².